The number of para-hydroxylation sites is 1. The van der Waals surface area contributed by atoms with E-state index in [0.29, 0.717) is 49.3 Å². The molecular formula is C24H27N3O5S. The predicted octanol–water partition coefficient (Wildman–Crippen LogP) is 3.04. The summed E-state index contributed by atoms with van der Waals surface area (Å²) < 4.78 is 33.8. The van der Waals surface area contributed by atoms with E-state index in [0.717, 1.165) is 5.39 Å². The molecule has 8 nitrogen and oxygen atoms in total. The lowest BCUT2D eigenvalue weighted by Gasteiger charge is -2.38. The van der Waals surface area contributed by atoms with Gasteiger partial charge in [-0.15, -0.1) is 0 Å². The second kappa shape index (κ2) is 9.46. The van der Waals surface area contributed by atoms with Gasteiger partial charge >= 0.3 is 0 Å². The minimum atomic E-state index is -3.86. The number of nitrogens with one attached hydrogen (secondary N) is 1. The van der Waals surface area contributed by atoms with Crippen molar-refractivity contribution in [3.05, 3.63) is 66.4 Å². The fraction of sp³-hybridized carbons (Fsp3) is 0.333. The van der Waals surface area contributed by atoms with E-state index in [4.69, 9.17) is 4.74 Å². The number of aliphatic hydroxyl groups is 1. The first-order valence-corrected chi connectivity index (χ1v) is 12.4. The van der Waals surface area contributed by atoms with Crippen LogP contribution in [0.5, 0.6) is 0 Å². The molecule has 2 N–H and O–H groups in total. The molecule has 1 aliphatic heterocycles. The molecule has 33 heavy (non-hydrogen) atoms. The molecule has 0 atom stereocenters. The molecule has 2 aromatic carbocycles. The summed E-state index contributed by atoms with van der Waals surface area (Å²) in [5, 5.41) is 11.3. The van der Waals surface area contributed by atoms with Crippen molar-refractivity contribution in [2.75, 3.05) is 31.0 Å². The number of ether oxygens (including phenoxy) is 1. The Kier molecular flexibility index (Phi) is 6.64. The fourth-order valence-corrected chi connectivity index (χ4v) is 5.17. The molecule has 3 aromatic rings. The SMILES string of the molecule is CCOCC1(O)CCN(C(=O)c2ccc(NS(=O)(=O)c3cccc4cccnc34)cc2)CC1. The van der Waals surface area contributed by atoms with Gasteiger partial charge in [-0.2, -0.15) is 0 Å². The monoisotopic (exact) mass is 469 g/mol. The van der Waals surface area contributed by atoms with Crippen molar-refractivity contribution in [1.29, 1.82) is 0 Å². The van der Waals surface area contributed by atoms with Gasteiger partial charge in [0.25, 0.3) is 15.9 Å². The zero-order valence-electron chi connectivity index (χ0n) is 18.4. The summed E-state index contributed by atoms with van der Waals surface area (Å²) in [6.07, 6.45) is 2.46. The number of fused-ring (bicyclic) bond motifs is 1. The van der Waals surface area contributed by atoms with Crippen LogP contribution in [0.1, 0.15) is 30.1 Å². The van der Waals surface area contributed by atoms with E-state index in [1.54, 1.807) is 59.6 Å². The molecule has 1 aromatic heterocycles. The molecule has 4 rings (SSSR count). The minimum Gasteiger partial charge on any atom is -0.387 e. The molecular weight excluding hydrogens is 442 g/mol. The maximum absolute atomic E-state index is 13.0. The topological polar surface area (TPSA) is 109 Å². The molecule has 0 aliphatic carbocycles. The second-order valence-corrected chi connectivity index (χ2v) is 9.82. The van der Waals surface area contributed by atoms with E-state index in [-0.39, 0.29) is 17.4 Å². The summed E-state index contributed by atoms with van der Waals surface area (Å²) in [4.78, 5) is 18.9. The van der Waals surface area contributed by atoms with E-state index in [9.17, 15) is 18.3 Å². The van der Waals surface area contributed by atoms with Crippen molar-refractivity contribution in [1.82, 2.24) is 9.88 Å². The zero-order valence-corrected chi connectivity index (χ0v) is 19.2. The van der Waals surface area contributed by atoms with Gasteiger partial charge in [0.1, 0.15) is 4.90 Å². The number of amides is 1. The van der Waals surface area contributed by atoms with Gasteiger partial charge in [0.2, 0.25) is 0 Å². The molecule has 1 saturated heterocycles. The predicted molar refractivity (Wildman–Crippen MR) is 126 cm³/mol. The highest BCUT2D eigenvalue weighted by Gasteiger charge is 2.34. The molecule has 0 radical (unpaired) electrons. The third-order valence-electron chi connectivity index (χ3n) is 5.83. The normalized spacial score (nSPS) is 16.0. The van der Waals surface area contributed by atoms with Crippen LogP contribution in [-0.2, 0) is 14.8 Å². The minimum absolute atomic E-state index is 0.0913. The molecule has 2 heterocycles. The Bertz CT molecular complexity index is 1230. The third-order valence-corrected chi connectivity index (χ3v) is 7.24. The number of aromatic nitrogens is 1. The first-order chi connectivity index (χ1) is 15.8. The Labute approximate surface area is 193 Å². The lowest BCUT2D eigenvalue weighted by Crippen LogP contribution is -2.49. The van der Waals surface area contributed by atoms with E-state index in [1.807, 2.05) is 6.92 Å². The van der Waals surface area contributed by atoms with Crippen LogP contribution in [0.25, 0.3) is 10.9 Å². The molecule has 0 unspecified atom stereocenters. The van der Waals surface area contributed by atoms with Gasteiger partial charge in [-0.25, -0.2) is 8.42 Å². The van der Waals surface area contributed by atoms with E-state index < -0.39 is 15.6 Å². The Balaban J connectivity index is 1.44. The van der Waals surface area contributed by atoms with Crippen LogP contribution in [-0.4, -0.2) is 61.2 Å². The van der Waals surface area contributed by atoms with Crippen molar-refractivity contribution >= 4 is 32.5 Å². The molecule has 0 spiro atoms. The van der Waals surface area contributed by atoms with Crippen molar-refractivity contribution in [3.63, 3.8) is 0 Å². The number of piperidine rings is 1. The molecule has 174 valence electrons. The van der Waals surface area contributed by atoms with Crippen LogP contribution in [0.2, 0.25) is 0 Å². The highest BCUT2D eigenvalue weighted by atomic mass is 32.2. The lowest BCUT2D eigenvalue weighted by molar-refractivity contribution is -0.0751. The van der Waals surface area contributed by atoms with Crippen molar-refractivity contribution in [2.45, 2.75) is 30.3 Å². The number of rotatable bonds is 7. The number of benzene rings is 2. The summed E-state index contributed by atoms with van der Waals surface area (Å²) in [6.45, 7) is 3.56. The summed E-state index contributed by atoms with van der Waals surface area (Å²) in [5.41, 5.74) is 0.309. The number of carbonyl (C=O) groups excluding carboxylic acids is 1. The highest BCUT2D eigenvalue weighted by Crippen LogP contribution is 2.26. The lowest BCUT2D eigenvalue weighted by atomic mass is 9.92. The Morgan fingerprint density at radius 2 is 1.82 bits per heavy atom. The number of nitrogens with zero attached hydrogens (tertiary/aromatic N) is 2. The quantitative estimate of drug-likeness (QED) is 0.551. The first-order valence-electron chi connectivity index (χ1n) is 10.9. The Morgan fingerprint density at radius 1 is 1.12 bits per heavy atom. The Hall–Kier alpha value is -3.01. The van der Waals surface area contributed by atoms with Gasteiger partial charge in [0.15, 0.2) is 0 Å². The number of anilines is 1. The number of hydrogen-bond donors (Lipinski definition) is 2. The fourth-order valence-electron chi connectivity index (χ4n) is 3.93. The number of pyridine rings is 1. The van der Waals surface area contributed by atoms with Gasteiger partial charge < -0.3 is 14.7 Å². The van der Waals surface area contributed by atoms with Crippen LogP contribution in [0.3, 0.4) is 0 Å². The summed E-state index contributed by atoms with van der Waals surface area (Å²) in [7, 11) is -3.86. The van der Waals surface area contributed by atoms with Crippen LogP contribution < -0.4 is 4.72 Å². The van der Waals surface area contributed by atoms with E-state index in [2.05, 4.69) is 9.71 Å². The van der Waals surface area contributed by atoms with Crippen molar-refractivity contribution in [3.8, 4) is 0 Å². The first kappa shape index (κ1) is 23.2. The zero-order chi connectivity index (χ0) is 23.5. The number of hydrogen-bond acceptors (Lipinski definition) is 6. The van der Waals surface area contributed by atoms with Gasteiger partial charge in [-0.1, -0.05) is 18.2 Å². The third kappa shape index (κ3) is 5.16. The number of sulfonamides is 1. The van der Waals surface area contributed by atoms with Crippen LogP contribution in [0.15, 0.2) is 65.7 Å². The van der Waals surface area contributed by atoms with E-state index in [1.165, 1.54) is 6.07 Å². The summed E-state index contributed by atoms with van der Waals surface area (Å²) in [5.74, 6) is -0.152. The van der Waals surface area contributed by atoms with Crippen molar-refractivity contribution in [2.24, 2.45) is 0 Å². The number of carbonyl (C=O) groups is 1. The largest absolute Gasteiger partial charge is 0.387 e. The van der Waals surface area contributed by atoms with Crippen LogP contribution in [0.4, 0.5) is 5.69 Å². The maximum Gasteiger partial charge on any atom is 0.264 e. The van der Waals surface area contributed by atoms with Gasteiger partial charge in [0, 0.05) is 42.5 Å². The van der Waals surface area contributed by atoms with Gasteiger partial charge in [0.05, 0.1) is 17.7 Å². The molecule has 1 amide bonds. The smallest absolute Gasteiger partial charge is 0.264 e. The average Bonchev–Trinajstić information content (AvgIpc) is 2.83. The highest BCUT2D eigenvalue weighted by molar-refractivity contribution is 7.93. The van der Waals surface area contributed by atoms with E-state index >= 15 is 0 Å². The van der Waals surface area contributed by atoms with Crippen molar-refractivity contribution < 1.29 is 23.1 Å². The molecule has 0 saturated carbocycles. The molecule has 0 bridgehead atoms. The molecule has 9 heteroatoms. The van der Waals surface area contributed by atoms with Crippen LogP contribution >= 0.6 is 0 Å². The summed E-state index contributed by atoms with van der Waals surface area (Å²) >= 11 is 0. The van der Waals surface area contributed by atoms with Gasteiger partial charge in [-0.3, -0.25) is 14.5 Å². The average molecular weight is 470 g/mol. The standard InChI is InChI=1S/C24H27N3O5S/c1-2-32-17-24(29)12-15-27(16-13-24)23(28)19-8-10-20(11-9-19)26-33(30,31)21-7-3-5-18-6-4-14-25-22(18)21/h3-11,14,26,29H,2,12-13,15-17H2,1H3. The van der Waals surface area contributed by atoms with Crippen LogP contribution in [0, 0.1) is 0 Å². The second-order valence-electron chi connectivity index (χ2n) is 8.17. The summed E-state index contributed by atoms with van der Waals surface area (Å²) in [6, 6.07) is 14.9. The molecule has 1 fully saturated rings. The number of likely N-dealkylation sites (tertiary alicyclic amines) is 1. The molecule has 1 aliphatic rings. The van der Waals surface area contributed by atoms with Gasteiger partial charge in [-0.05, 0) is 56.2 Å². The Morgan fingerprint density at radius 3 is 2.52 bits per heavy atom. The maximum atomic E-state index is 13.0.